The monoisotopic (exact) mass is 490 g/mol. The van der Waals surface area contributed by atoms with Crippen molar-refractivity contribution in [3.05, 3.63) is 89.5 Å². The lowest BCUT2D eigenvalue weighted by Crippen LogP contribution is -2.33. The first-order valence-electron chi connectivity index (χ1n) is 11.5. The van der Waals surface area contributed by atoms with Crippen molar-refractivity contribution >= 4 is 23.5 Å². The Morgan fingerprint density at radius 1 is 0.861 bits per heavy atom. The van der Waals surface area contributed by atoms with Crippen LogP contribution < -0.4 is 14.8 Å². The Morgan fingerprint density at radius 2 is 1.56 bits per heavy atom. The molecule has 2 amide bonds. The van der Waals surface area contributed by atoms with Gasteiger partial charge in [0.25, 0.3) is 5.91 Å². The molecule has 0 aliphatic heterocycles. The van der Waals surface area contributed by atoms with Gasteiger partial charge in [-0.05, 0) is 47.5 Å². The predicted molar refractivity (Wildman–Crippen MR) is 135 cm³/mol. The van der Waals surface area contributed by atoms with Gasteiger partial charge in [0, 0.05) is 38.2 Å². The molecule has 0 aliphatic rings. The highest BCUT2D eigenvalue weighted by Gasteiger charge is 2.17. The first-order valence-corrected chi connectivity index (χ1v) is 11.5. The number of esters is 1. The predicted octanol–water partition coefficient (Wildman–Crippen LogP) is 4.32. The van der Waals surface area contributed by atoms with Crippen LogP contribution >= 0.6 is 0 Å². The molecule has 0 aliphatic carbocycles. The molecule has 0 radical (unpaired) electrons. The Kier molecular flexibility index (Phi) is 9.45. The van der Waals surface area contributed by atoms with Gasteiger partial charge in [-0.25, -0.2) is 0 Å². The zero-order valence-electron chi connectivity index (χ0n) is 20.7. The number of carbonyl (C=O) groups excluding carboxylic acids is 3. The van der Waals surface area contributed by atoms with E-state index < -0.39 is 5.97 Å². The zero-order valence-corrected chi connectivity index (χ0v) is 20.7. The summed E-state index contributed by atoms with van der Waals surface area (Å²) in [6.45, 7) is 3.35. The summed E-state index contributed by atoms with van der Waals surface area (Å²) in [5, 5.41) is 2.72. The lowest BCUT2D eigenvalue weighted by Gasteiger charge is -2.23. The maximum absolute atomic E-state index is 12.8. The third-order valence-electron chi connectivity index (χ3n) is 5.26. The van der Waals surface area contributed by atoms with E-state index in [0.717, 1.165) is 16.7 Å². The van der Waals surface area contributed by atoms with E-state index in [4.69, 9.17) is 14.2 Å². The third-order valence-corrected chi connectivity index (χ3v) is 5.26. The number of anilines is 1. The highest BCUT2D eigenvalue weighted by Crippen LogP contribution is 2.24. The van der Waals surface area contributed by atoms with E-state index in [0.29, 0.717) is 30.3 Å². The van der Waals surface area contributed by atoms with Crippen molar-refractivity contribution in [1.29, 1.82) is 0 Å². The summed E-state index contributed by atoms with van der Waals surface area (Å²) in [7, 11) is 1.59. The fraction of sp³-hybridized carbons (Fsp3) is 0.250. The molecule has 0 saturated heterocycles. The lowest BCUT2D eigenvalue weighted by atomic mass is 10.1. The van der Waals surface area contributed by atoms with E-state index in [-0.39, 0.29) is 25.0 Å². The Labute approximate surface area is 210 Å². The molecule has 0 bridgehead atoms. The molecule has 0 saturated carbocycles. The molecule has 3 rings (SSSR count). The second kappa shape index (κ2) is 12.9. The van der Waals surface area contributed by atoms with E-state index in [2.05, 4.69) is 5.32 Å². The molecule has 0 spiro atoms. The van der Waals surface area contributed by atoms with Crippen molar-refractivity contribution in [3.8, 4) is 11.5 Å². The molecule has 0 unspecified atom stereocenters. The van der Waals surface area contributed by atoms with Gasteiger partial charge < -0.3 is 24.4 Å². The summed E-state index contributed by atoms with van der Waals surface area (Å²) in [6, 6.07) is 22.4. The molecule has 8 nitrogen and oxygen atoms in total. The van der Waals surface area contributed by atoms with E-state index >= 15 is 0 Å². The topological polar surface area (TPSA) is 94.2 Å². The number of rotatable bonds is 11. The molecule has 3 aromatic rings. The third kappa shape index (κ3) is 8.16. The Balaban J connectivity index is 1.74. The number of hydrogen-bond donors (Lipinski definition) is 1. The van der Waals surface area contributed by atoms with Crippen molar-refractivity contribution in [2.24, 2.45) is 0 Å². The van der Waals surface area contributed by atoms with Crippen LogP contribution in [0.15, 0.2) is 72.8 Å². The number of hydrogen-bond acceptors (Lipinski definition) is 6. The largest absolute Gasteiger partial charge is 0.496 e. The summed E-state index contributed by atoms with van der Waals surface area (Å²) >= 11 is 0. The fourth-order valence-corrected chi connectivity index (χ4v) is 3.55. The molecular weight excluding hydrogens is 460 g/mol. The number of nitrogens with one attached hydrogen (secondary N) is 1. The normalized spacial score (nSPS) is 10.3. The maximum Gasteiger partial charge on any atom is 0.303 e. The van der Waals surface area contributed by atoms with Crippen LogP contribution in [0.1, 0.15) is 30.5 Å². The molecule has 188 valence electrons. The molecule has 36 heavy (non-hydrogen) atoms. The van der Waals surface area contributed by atoms with E-state index in [1.807, 2.05) is 48.5 Å². The Morgan fingerprint density at radius 3 is 2.19 bits per heavy atom. The fourth-order valence-electron chi connectivity index (χ4n) is 3.55. The molecule has 0 aromatic heterocycles. The molecule has 3 aromatic carbocycles. The number of amides is 2. The summed E-state index contributed by atoms with van der Waals surface area (Å²) in [5.41, 5.74) is 3.34. The van der Waals surface area contributed by atoms with Gasteiger partial charge in [-0.1, -0.05) is 36.4 Å². The average molecular weight is 491 g/mol. The Hall–Kier alpha value is -4.33. The minimum Gasteiger partial charge on any atom is -0.496 e. The van der Waals surface area contributed by atoms with E-state index in [1.165, 1.54) is 13.8 Å². The van der Waals surface area contributed by atoms with Gasteiger partial charge in [0.05, 0.1) is 7.11 Å². The van der Waals surface area contributed by atoms with Crippen LogP contribution in [-0.4, -0.2) is 36.4 Å². The minimum absolute atomic E-state index is 0.141. The SMILES string of the molecule is COc1ccc(CN(Cc2ccccc2)C(=O)COC(C)=O)cc1COc1ccc(NC(C)=O)cc1. The van der Waals surface area contributed by atoms with Gasteiger partial charge in [0.15, 0.2) is 6.61 Å². The lowest BCUT2D eigenvalue weighted by molar-refractivity contribution is -0.150. The Bertz CT molecular complexity index is 1180. The molecule has 0 fully saturated rings. The quantitative estimate of drug-likeness (QED) is 0.402. The van der Waals surface area contributed by atoms with Gasteiger partial charge in [0.2, 0.25) is 5.91 Å². The zero-order chi connectivity index (χ0) is 25.9. The summed E-state index contributed by atoms with van der Waals surface area (Å²) in [6.07, 6.45) is 0. The summed E-state index contributed by atoms with van der Waals surface area (Å²) in [4.78, 5) is 36.9. The highest BCUT2D eigenvalue weighted by molar-refractivity contribution is 5.88. The van der Waals surface area contributed by atoms with Crippen molar-refractivity contribution in [3.63, 3.8) is 0 Å². The van der Waals surface area contributed by atoms with Crippen LogP contribution in [-0.2, 0) is 38.8 Å². The molecule has 0 heterocycles. The standard InChI is InChI=1S/C28H30N2O6/c1-20(31)29-25-10-12-26(13-11-25)36-18-24-15-23(9-14-27(24)34-3)17-30(28(33)19-35-21(2)32)16-22-7-5-4-6-8-22/h4-15H,16-19H2,1-3H3,(H,29,31). The second-order valence-corrected chi connectivity index (χ2v) is 8.16. The number of benzene rings is 3. The molecule has 8 heteroatoms. The van der Waals surface area contributed by atoms with Crippen LogP contribution in [0.25, 0.3) is 0 Å². The van der Waals surface area contributed by atoms with Crippen LogP contribution in [0.2, 0.25) is 0 Å². The van der Waals surface area contributed by atoms with Gasteiger partial charge in [-0.15, -0.1) is 0 Å². The van der Waals surface area contributed by atoms with Gasteiger partial charge in [-0.2, -0.15) is 0 Å². The summed E-state index contributed by atoms with van der Waals surface area (Å²) < 4.78 is 16.4. The maximum atomic E-state index is 12.8. The minimum atomic E-state index is -0.503. The van der Waals surface area contributed by atoms with E-state index in [9.17, 15) is 14.4 Å². The van der Waals surface area contributed by atoms with Gasteiger partial charge >= 0.3 is 5.97 Å². The molecule has 0 atom stereocenters. The highest BCUT2D eigenvalue weighted by atomic mass is 16.5. The van der Waals surface area contributed by atoms with Crippen LogP contribution in [0.3, 0.4) is 0 Å². The smallest absolute Gasteiger partial charge is 0.303 e. The van der Waals surface area contributed by atoms with Crippen molar-refractivity contribution < 1.29 is 28.6 Å². The number of nitrogens with zero attached hydrogens (tertiary/aromatic N) is 1. The van der Waals surface area contributed by atoms with Crippen molar-refractivity contribution in [1.82, 2.24) is 4.90 Å². The van der Waals surface area contributed by atoms with Gasteiger partial charge in [-0.3, -0.25) is 14.4 Å². The van der Waals surface area contributed by atoms with Gasteiger partial charge in [0.1, 0.15) is 18.1 Å². The van der Waals surface area contributed by atoms with Crippen molar-refractivity contribution in [2.75, 3.05) is 19.0 Å². The first-order chi connectivity index (χ1) is 17.3. The average Bonchev–Trinajstić information content (AvgIpc) is 2.87. The molecular formula is C28H30N2O6. The van der Waals surface area contributed by atoms with Crippen LogP contribution in [0, 0.1) is 0 Å². The first kappa shape index (κ1) is 26.3. The number of carbonyl (C=O) groups is 3. The summed E-state index contributed by atoms with van der Waals surface area (Å²) in [5.74, 6) is 0.366. The van der Waals surface area contributed by atoms with Crippen LogP contribution in [0.4, 0.5) is 5.69 Å². The second-order valence-electron chi connectivity index (χ2n) is 8.16. The van der Waals surface area contributed by atoms with Crippen LogP contribution in [0.5, 0.6) is 11.5 Å². The van der Waals surface area contributed by atoms with Crippen molar-refractivity contribution in [2.45, 2.75) is 33.5 Å². The number of methoxy groups -OCH3 is 1. The van der Waals surface area contributed by atoms with E-state index in [1.54, 1.807) is 36.3 Å². The number of ether oxygens (including phenoxy) is 3. The molecule has 1 N–H and O–H groups in total.